The highest BCUT2D eigenvalue weighted by molar-refractivity contribution is 7.20. The number of hydrogen-bond acceptors (Lipinski definition) is 5. The van der Waals surface area contributed by atoms with Crippen LogP contribution in [0.3, 0.4) is 0 Å². The second-order valence-electron chi connectivity index (χ2n) is 5.75. The van der Waals surface area contributed by atoms with Gasteiger partial charge in [-0.3, -0.25) is 4.79 Å². The maximum Gasteiger partial charge on any atom is 0.308 e. The number of aromatic nitrogens is 2. The van der Waals surface area contributed by atoms with Gasteiger partial charge in [0.25, 0.3) is 0 Å². The number of halogens is 1. The average molecular weight is 418 g/mol. The van der Waals surface area contributed by atoms with Gasteiger partial charge in [0.15, 0.2) is 9.81 Å². The number of thiazole rings is 2. The Morgan fingerprint density at radius 2 is 2.07 bits per heavy atom. The fraction of sp³-hybridized carbons (Fsp3) is 0.211. The Hall–Kier alpha value is -2.06. The highest BCUT2D eigenvalue weighted by Gasteiger charge is 2.13. The van der Waals surface area contributed by atoms with Gasteiger partial charge in [-0.2, -0.15) is 4.99 Å². The molecule has 4 rings (SSSR count). The summed E-state index contributed by atoms with van der Waals surface area (Å²) in [5.74, 6) is -0.334. The van der Waals surface area contributed by atoms with Crippen LogP contribution in [-0.2, 0) is 11.3 Å². The molecule has 138 valence electrons. The molecule has 0 radical (unpaired) electrons. The third kappa shape index (κ3) is 3.82. The molecule has 0 bridgehead atoms. The Bertz CT molecular complexity index is 1160. The van der Waals surface area contributed by atoms with Gasteiger partial charge in [-0.05, 0) is 37.3 Å². The first kappa shape index (κ1) is 18.3. The van der Waals surface area contributed by atoms with Crippen LogP contribution < -0.4 is 4.80 Å². The van der Waals surface area contributed by atoms with Crippen molar-refractivity contribution in [3.05, 3.63) is 57.3 Å². The van der Waals surface area contributed by atoms with Crippen LogP contribution in [-0.4, -0.2) is 28.7 Å². The number of hydrogen-bond donors (Lipinski definition) is 0. The van der Waals surface area contributed by atoms with Crippen molar-refractivity contribution in [1.82, 2.24) is 9.55 Å². The van der Waals surface area contributed by atoms with Crippen molar-refractivity contribution in [2.45, 2.75) is 13.5 Å². The summed E-state index contributed by atoms with van der Waals surface area (Å²) in [6.45, 7) is 3.76. The summed E-state index contributed by atoms with van der Waals surface area (Å²) in [7, 11) is 0. The van der Waals surface area contributed by atoms with Crippen molar-refractivity contribution in [3.8, 4) is 0 Å². The molecule has 8 heteroatoms. The smallest absolute Gasteiger partial charge is 0.308 e. The summed E-state index contributed by atoms with van der Waals surface area (Å²) in [6.07, 6.45) is 0. The summed E-state index contributed by atoms with van der Waals surface area (Å²) >= 11 is 8.92. The zero-order valence-corrected chi connectivity index (χ0v) is 16.9. The van der Waals surface area contributed by atoms with Crippen molar-refractivity contribution in [2.24, 2.45) is 4.99 Å². The Balaban J connectivity index is 1.78. The lowest BCUT2D eigenvalue weighted by molar-refractivity contribution is 0.0996. The minimum atomic E-state index is -0.334. The van der Waals surface area contributed by atoms with Crippen LogP contribution in [0.4, 0.5) is 0 Å². The number of para-hydroxylation sites is 1. The van der Waals surface area contributed by atoms with Crippen molar-refractivity contribution in [2.75, 3.05) is 13.2 Å². The maximum atomic E-state index is 12.7. The van der Waals surface area contributed by atoms with E-state index in [2.05, 4.69) is 9.98 Å². The predicted octanol–water partition coefficient (Wildman–Crippen LogP) is 4.74. The van der Waals surface area contributed by atoms with E-state index in [1.807, 2.05) is 54.0 Å². The van der Waals surface area contributed by atoms with Crippen LogP contribution >= 0.6 is 34.3 Å². The largest absolute Gasteiger partial charge is 0.380 e. The van der Waals surface area contributed by atoms with Gasteiger partial charge in [-0.25, -0.2) is 4.98 Å². The number of carbonyl (C=O) groups excluding carboxylic acids is 1. The molecule has 2 aromatic heterocycles. The quantitative estimate of drug-likeness (QED) is 0.440. The summed E-state index contributed by atoms with van der Waals surface area (Å²) in [6, 6.07) is 13.4. The first-order valence-electron chi connectivity index (χ1n) is 8.47. The number of fused-ring (bicyclic) bond motifs is 2. The second-order valence-corrected chi connectivity index (χ2v) is 8.23. The molecule has 2 aromatic carbocycles. The van der Waals surface area contributed by atoms with E-state index in [0.29, 0.717) is 34.6 Å². The van der Waals surface area contributed by atoms with Gasteiger partial charge in [0.1, 0.15) is 0 Å². The number of carbonyl (C=O) groups is 1. The Kier molecular flexibility index (Phi) is 5.36. The van der Waals surface area contributed by atoms with E-state index in [9.17, 15) is 4.79 Å². The standard InChI is InChI=1S/C19H16ClN3O2S2/c1-2-25-10-9-23-14-8-7-12(20)11-16(14)27-19(23)22-17(24)18-21-13-5-3-4-6-15(13)26-18/h3-8,11H,2,9-10H2,1H3. The predicted molar refractivity (Wildman–Crippen MR) is 111 cm³/mol. The van der Waals surface area contributed by atoms with E-state index in [4.69, 9.17) is 16.3 Å². The number of rotatable bonds is 5. The molecule has 4 aromatic rings. The normalized spacial score (nSPS) is 12.3. The molecule has 0 spiro atoms. The summed E-state index contributed by atoms with van der Waals surface area (Å²) in [4.78, 5) is 22.1. The van der Waals surface area contributed by atoms with Gasteiger partial charge in [0.2, 0.25) is 0 Å². The van der Waals surface area contributed by atoms with Gasteiger partial charge in [-0.15, -0.1) is 11.3 Å². The third-order valence-electron chi connectivity index (χ3n) is 3.98. The lowest BCUT2D eigenvalue weighted by Crippen LogP contribution is -2.19. The SMILES string of the molecule is CCOCCn1c(=NC(=O)c2nc3ccccc3s2)sc2cc(Cl)ccc21. The minimum Gasteiger partial charge on any atom is -0.380 e. The molecule has 5 nitrogen and oxygen atoms in total. The van der Waals surface area contributed by atoms with Crippen LogP contribution in [0.1, 0.15) is 16.7 Å². The molecule has 0 N–H and O–H groups in total. The molecule has 1 amide bonds. The first-order chi connectivity index (χ1) is 13.2. The molecule has 0 aliphatic carbocycles. The zero-order valence-electron chi connectivity index (χ0n) is 14.5. The second kappa shape index (κ2) is 7.90. The highest BCUT2D eigenvalue weighted by Crippen LogP contribution is 2.24. The van der Waals surface area contributed by atoms with E-state index < -0.39 is 0 Å². The fourth-order valence-corrected chi connectivity index (χ4v) is 4.93. The van der Waals surface area contributed by atoms with E-state index in [0.717, 1.165) is 20.4 Å². The van der Waals surface area contributed by atoms with Crippen LogP contribution in [0.25, 0.3) is 20.4 Å². The van der Waals surface area contributed by atoms with E-state index in [1.165, 1.54) is 22.7 Å². The van der Waals surface area contributed by atoms with Crippen LogP contribution in [0.15, 0.2) is 47.5 Å². The topological polar surface area (TPSA) is 56.5 Å². The average Bonchev–Trinajstić information content (AvgIpc) is 3.23. The number of benzene rings is 2. The molecule has 0 aliphatic rings. The summed E-state index contributed by atoms with van der Waals surface area (Å²) < 4.78 is 9.44. The highest BCUT2D eigenvalue weighted by atomic mass is 35.5. The minimum absolute atomic E-state index is 0.334. The summed E-state index contributed by atoms with van der Waals surface area (Å²) in [5.41, 5.74) is 1.80. The molecule has 0 saturated carbocycles. The molecular formula is C19H16ClN3O2S2. The lowest BCUT2D eigenvalue weighted by Gasteiger charge is -2.05. The molecule has 0 aliphatic heterocycles. The van der Waals surface area contributed by atoms with Crippen molar-refractivity contribution < 1.29 is 9.53 Å². The first-order valence-corrected chi connectivity index (χ1v) is 10.5. The monoisotopic (exact) mass is 417 g/mol. The Labute approximate surface area is 168 Å². The summed E-state index contributed by atoms with van der Waals surface area (Å²) in [5, 5.41) is 1.05. The lowest BCUT2D eigenvalue weighted by atomic mass is 10.3. The molecule has 0 atom stereocenters. The third-order valence-corrected chi connectivity index (χ3v) is 6.28. The molecule has 0 fully saturated rings. The van der Waals surface area contributed by atoms with Gasteiger partial charge in [-0.1, -0.05) is 35.1 Å². The van der Waals surface area contributed by atoms with E-state index in [-0.39, 0.29) is 5.91 Å². The molecule has 0 unspecified atom stereocenters. The fourth-order valence-electron chi connectivity index (χ4n) is 2.75. The molecule has 2 heterocycles. The van der Waals surface area contributed by atoms with Gasteiger partial charge in [0.05, 0.1) is 27.0 Å². The molecular weight excluding hydrogens is 402 g/mol. The van der Waals surface area contributed by atoms with Gasteiger partial charge >= 0.3 is 5.91 Å². The van der Waals surface area contributed by atoms with E-state index >= 15 is 0 Å². The Morgan fingerprint density at radius 1 is 1.22 bits per heavy atom. The Morgan fingerprint density at radius 3 is 2.89 bits per heavy atom. The zero-order chi connectivity index (χ0) is 18.8. The van der Waals surface area contributed by atoms with Crippen molar-refractivity contribution in [3.63, 3.8) is 0 Å². The number of ether oxygens (including phenoxy) is 1. The number of amides is 1. The van der Waals surface area contributed by atoms with Gasteiger partial charge in [0, 0.05) is 18.2 Å². The van der Waals surface area contributed by atoms with Crippen LogP contribution in [0, 0.1) is 0 Å². The molecule has 0 saturated heterocycles. The van der Waals surface area contributed by atoms with Gasteiger partial charge < -0.3 is 9.30 Å². The van der Waals surface area contributed by atoms with Crippen molar-refractivity contribution >= 4 is 60.6 Å². The van der Waals surface area contributed by atoms with Crippen LogP contribution in [0.2, 0.25) is 5.02 Å². The maximum absolute atomic E-state index is 12.7. The van der Waals surface area contributed by atoms with Crippen LogP contribution in [0.5, 0.6) is 0 Å². The number of nitrogens with zero attached hydrogens (tertiary/aromatic N) is 3. The van der Waals surface area contributed by atoms with E-state index in [1.54, 1.807) is 0 Å². The molecule has 27 heavy (non-hydrogen) atoms. The van der Waals surface area contributed by atoms with Crippen molar-refractivity contribution in [1.29, 1.82) is 0 Å².